The quantitative estimate of drug-likeness (QED) is 0.0246. The van der Waals surface area contributed by atoms with Crippen LogP contribution in [0.1, 0.15) is 213 Å². The number of carbonyl (C=O) groups excluding carboxylic acids is 1. The number of amides is 1. The highest BCUT2D eigenvalue weighted by molar-refractivity contribution is 7.47. The third-order valence-electron chi connectivity index (χ3n) is 10.4. The zero-order valence-corrected chi connectivity index (χ0v) is 37.8. The molecule has 0 aromatic heterocycles. The van der Waals surface area contributed by atoms with Gasteiger partial charge in [0, 0.05) is 6.42 Å². The summed E-state index contributed by atoms with van der Waals surface area (Å²) < 4.78 is 23.6. The second-order valence-corrected chi connectivity index (χ2v) is 18.6. The lowest BCUT2D eigenvalue weighted by atomic mass is 10.0. The van der Waals surface area contributed by atoms with Gasteiger partial charge in [0.15, 0.2) is 0 Å². The van der Waals surface area contributed by atoms with E-state index in [1.54, 1.807) is 6.08 Å². The van der Waals surface area contributed by atoms with E-state index in [1.807, 2.05) is 27.2 Å². The van der Waals surface area contributed by atoms with Crippen molar-refractivity contribution < 1.29 is 32.9 Å². The van der Waals surface area contributed by atoms with Gasteiger partial charge in [-0.3, -0.25) is 13.8 Å². The molecule has 0 aromatic carbocycles. The molecule has 0 bridgehead atoms. The molecule has 0 aromatic rings. The van der Waals surface area contributed by atoms with Crippen LogP contribution in [-0.2, 0) is 18.4 Å². The first kappa shape index (κ1) is 54.0. The van der Waals surface area contributed by atoms with Crippen molar-refractivity contribution in [3.8, 4) is 0 Å². The second kappa shape index (κ2) is 38.5. The first-order chi connectivity index (χ1) is 26.5. The number of likely N-dealkylation sites (N-methyl/N-ethyl adjacent to an activating group) is 1. The summed E-state index contributed by atoms with van der Waals surface area (Å²) in [6.45, 7) is 4.81. The Hall–Kier alpha value is -1.02. The molecular weight excluding hydrogens is 707 g/mol. The minimum atomic E-state index is -4.34. The lowest BCUT2D eigenvalue weighted by Crippen LogP contribution is -2.45. The normalized spacial score (nSPS) is 14.5. The molecular formula is C46H92N2O6P+. The fraction of sp³-hybridized carbons (Fsp3) is 0.891. The Kier molecular flexibility index (Phi) is 37.8. The third kappa shape index (κ3) is 41.0. The standard InChI is InChI=1S/C46H91N2O6P/c1-6-8-10-12-14-16-18-20-22-23-24-25-26-27-29-31-33-35-37-39-45(49)44(43-54-55(51,52)53-42-41-48(3,4)5)47-46(50)40-38-36-34-32-30-28-21-19-17-15-13-11-9-7-2/h19,21,37,39,44-45,49H,6-18,20,22-36,38,40-43H2,1-5H3,(H-,47,50,51,52)/p+1/b21-19-,39-37+. The van der Waals surface area contributed by atoms with E-state index in [4.69, 9.17) is 9.05 Å². The number of nitrogens with one attached hydrogen (secondary N) is 1. The second-order valence-electron chi connectivity index (χ2n) is 17.1. The summed E-state index contributed by atoms with van der Waals surface area (Å²) in [5, 5.41) is 13.8. The van der Waals surface area contributed by atoms with E-state index < -0.39 is 20.0 Å². The largest absolute Gasteiger partial charge is 0.472 e. The average molecular weight is 800 g/mol. The van der Waals surface area contributed by atoms with Crippen molar-refractivity contribution in [2.75, 3.05) is 40.9 Å². The van der Waals surface area contributed by atoms with E-state index in [-0.39, 0.29) is 19.1 Å². The van der Waals surface area contributed by atoms with Crippen LogP contribution in [0.3, 0.4) is 0 Å². The SMILES string of the molecule is CCCCCCC/C=C\CCCCCCCC(=O)NC(COP(=O)(O)OCC[N+](C)(C)C)C(O)/C=C/CCCCCCCCCCCCCCCCCCC. The van der Waals surface area contributed by atoms with Crippen LogP contribution in [0.15, 0.2) is 24.3 Å². The van der Waals surface area contributed by atoms with Crippen molar-refractivity contribution in [2.45, 2.75) is 225 Å². The predicted molar refractivity (Wildman–Crippen MR) is 235 cm³/mol. The van der Waals surface area contributed by atoms with Gasteiger partial charge < -0.3 is 19.8 Å². The first-order valence-electron chi connectivity index (χ1n) is 23.2. The van der Waals surface area contributed by atoms with Gasteiger partial charge in [-0.2, -0.15) is 0 Å². The number of rotatable bonds is 42. The Morgan fingerprint density at radius 1 is 0.600 bits per heavy atom. The van der Waals surface area contributed by atoms with Crippen LogP contribution in [-0.4, -0.2) is 73.4 Å². The summed E-state index contributed by atoms with van der Waals surface area (Å²) in [5.74, 6) is -0.185. The number of hydrogen-bond donors (Lipinski definition) is 3. The van der Waals surface area contributed by atoms with Crippen LogP contribution < -0.4 is 5.32 Å². The van der Waals surface area contributed by atoms with E-state index >= 15 is 0 Å². The minimum absolute atomic E-state index is 0.0610. The molecule has 0 saturated carbocycles. The van der Waals surface area contributed by atoms with Gasteiger partial charge in [0.25, 0.3) is 0 Å². The number of quaternary nitrogens is 1. The number of nitrogens with zero attached hydrogens (tertiary/aromatic N) is 1. The molecule has 0 fully saturated rings. The van der Waals surface area contributed by atoms with Crippen molar-refractivity contribution >= 4 is 13.7 Å². The molecule has 8 nitrogen and oxygen atoms in total. The number of allylic oxidation sites excluding steroid dienone is 3. The van der Waals surface area contributed by atoms with Gasteiger partial charge in [-0.25, -0.2) is 4.57 Å². The summed E-state index contributed by atoms with van der Waals surface area (Å²) in [6.07, 6.45) is 45.3. The van der Waals surface area contributed by atoms with Crippen LogP contribution >= 0.6 is 7.82 Å². The highest BCUT2D eigenvalue weighted by Gasteiger charge is 2.27. The predicted octanol–water partition coefficient (Wildman–Crippen LogP) is 12.9. The molecule has 326 valence electrons. The summed E-state index contributed by atoms with van der Waals surface area (Å²) in [5.41, 5.74) is 0. The fourth-order valence-electron chi connectivity index (χ4n) is 6.68. The maximum Gasteiger partial charge on any atom is 0.472 e. The number of phosphoric acid groups is 1. The molecule has 0 radical (unpaired) electrons. The van der Waals surface area contributed by atoms with E-state index in [9.17, 15) is 19.4 Å². The van der Waals surface area contributed by atoms with Gasteiger partial charge in [0.05, 0.1) is 39.9 Å². The highest BCUT2D eigenvalue weighted by atomic mass is 31.2. The number of aliphatic hydroxyl groups excluding tert-OH is 1. The molecule has 3 atom stereocenters. The Morgan fingerprint density at radius 3 is 1.40 bits per heavy atom. The maximum absolute atomic E-state index is 12.9. The van der Waals surface area contributed by atoms with E-state index in [0.717, 1.165) is 51.4 Å². The number of hydrogen-bond acceptors (Lipinski definition) is 5. The van der Waals surface area contributed by atoms with E-state index in [1.165, 1.54) is 141 Å². The first-order valence-corrected chi connectivity index (χ1v) is 24.7. The van der Waals surface area contributed by atoms with Gasteiger partial charge in [-0.1, -0.05) is 186 Å². The molecule has 3 unspecified atom stereocenters. The molecule has 0 spiro atoms. The van der Waals surface area contributed by atoms with E-state index in [0.29, 0.717) is 17.4 Å². The summed E-state index contributed by atoms with van der Waals surface area (Å²) in [6, 6.07) is -0.847. The molecule has 0 saturated heterocycles. The molecule has 1 amide bonds. The van der Waals surface area contributed by atoms with Crippen LogP contribution in [0, 0.1) is 0 Å². The number of unbranched alkanes of at least 4 members (excludes halogenated alkanes) is 27. The molecule has 0 aliphatic heterocycles. The Balaban J connectivity index is 4.39. The van der Waals surface area contributed by atoms with Gasteiger partial charge in [0.2, 0.25) is 5.91 Å². The summed E-state index contributed by atoms with van der Waals surface area (Å²) in [4.78, 5) is 23.1. The topological polar surface area (TPSA) is 105 Å². The fourth-order valence-corrected chi connectivity index (χ4v) is 7.42. The van der Waals surface area contributed by atoms with Gasteiger partial charge in [-0.15, -0.1) is 0 Å². The summed E-state index contributed by atoms with van der Waals surface area (Å²) >= 11 is 0. The zero-order chi connectivity index (χ0) is 40.7. The van der Waals surface area contributed by atoms with Gasteiger partial charge >= 0.3 is 7.82 Å². The van der Waals surface area contributed by atoms with Crippen LogP contribution in [0.4, 0.5) is 0 Å². The van der Waals surface area contributed by atoms with Gasteiger partial charge in [0.1, 0.15) is 13.2 Å². The smallest absolute Gasteiger partial charge is 0.387 e. The molecule has 0 aliphatic carbocycles. The number of phosphoric ester groups is 1. The molecule has 3 N–H and O–H groups in total. The van der Waals surface area contributed by atoms with Gasteiger partial charge in [-0.05, 0) is 44.9 Å². The van der Waals surface area contributed by atoms with Crippen LogP contribution in [0.2, 0.25) is 0 Å². The highest BCUT2D eigenvalue weighted by Crippen LogP contribution is 2.43. The summed E-state index contributed by atoms with van der Waals surface area (Å²) in [7, 11) is 1.57. The zero-order valence-electron chi connectivity index (χ0n) is 36.9. The van der Waals surface area contributed by atoms with E-state index in [2.05, 4.69) is 31.3 Å². The monoisotopic (exact) mass is 800 g/mol. The lowest BCUT2D eigenvalue weighted by Gasteiger charge is -2.25. The molecule has 0 rings (SSSR count). The van der Waals surface area contributed by atoms with Crippen LogP contribution in [0.5, 0.6) is 0 Å². The van der Waals surface area contributed by atoms with Crippen molar-refractivity contribution in [1.82, 2.24) is 5.32 Å². The molecule has 0 heterocycles. The average Bonchev–Trinajstić information content (AvgIpc) is 3.13. The number of aliphatic hydroxyl groups is 1. The Labute approximate surface area is 341 Å². The number of carbonyl (C=O) groups is 1. The third-order valence-corrected chi connectivity index (χ3v) is 11.4. The van der Waals surface area contributed by atoms with Crippen molar-refractivity contribution in [1.29, 1.82) is 0 Å². The van der Waals surface area contributed by atoms with Crippen molar-refractivity contribution in [3.05, 3.63) is 24.3 Å². The van der Waals surface area contributed by atoms with Crippen molar-refractivity contribution in [3.63, 3.8) is 0 Å². The molecule has 55 heavy (non-hydrogen) atoms. The maximum atomic E-state index is 12.9. The Morgan fingerprint density at radius 2 is 0.982 bits per heavy atom. The minimum Gasteiger partial charge on any atom is -0.387 e. The molecule has 0 aliphatic rings. The van der Waals surface area contributed by atoms with Crippen LogP contribution in [0.25, 0.3) is 0 Å². The Bertz CT molecular complexity index is 953. The molecule has 9 heteroatoms. The lowest BCUT2D eigenvalue weighted by molar-refractivity contribution is -0.870. The van der Waals surface area contributed by atoms with Crippen molar-refractivity contribution in [2.24, 2.45) is 0 Å².